The van der Waals surface area contributed by atoms with E-state index in [-0.39, 0.29) is 5.09 Å². The van der Waals surface area contributed by atoms with Crippen molar-refractivity contribution >= 4 is 15.7 Å². The Hall–Kier alpha value is -1.86. The number of aromatic nitrogens is 1. The Morgan fingerprint density at radius 2 is 2.05 bits per heavy atom. The molecule has 0 aliphatic rings. The summed E-state index contributed by atoms with van der Waals surface area (Å²) in [5.74, 6) is 0.548. The van der Waals surface area contributed by atoms with Crippen LogP contribution in [0.1, 0.15) is 11.3 Å². The number of nitrogens with zero attached hydrogens (tertiary/aromatic N) is 2. The van der Waals surface area contributed by atoms with Crippen LogP contribution in [0.5, 0.6) is 0 Å². The molecule has 2 heterocycles. The third-order valence-corrected chi connectivity index (χ3v) is 4.40. The molecule has 0 amide bonds. The molecule has 108 valence electrons. The Bertz CT molecular complexity index is 692. The SMILES string of the molecule is Cc1cncc(NCc2ccc(S(=O)(=O)N(C)C)o2)c1. The minimum Gasteiger partial charge on any atom is -0.446 e. The lowest BCUT2D eigenvalue weighted by molar-refractivity contribution is 0.402. The molecule has 1 N–H and O–H groups in total. The molecule has 0 spiro atoms. The second kappa shape index (κ2) is 5.64. The van der Waals surface area contributed by atoms with Gasteiger partial charge in [-0.2, -0.15) is 0 Å². The number of aryl methyl sites for hydroxylation is 1. The molecule has 0 fully saturated rings. The molecule has 0 radical (unpaired) electrons. The number of rotatable bonds is 5. The highest BCUT2D eigenvalue weighted by molar-refractivity contribution is 7.88. The van der Waals surface area contributed by atoms with Crippen LogP contribution in [-0.4, -0.2) is 31.8 Å². The molecule has 7 heteroatoms. The number of pyridine rings is 1. The first-order chi connectivity index (χ1) is 9.39. The maximum atomic E-state index is 11.9. The van der Waals surface area contributed by atoms with Gasteiger partial charge in [-0.15, -0.1) is 0 Å². The molecule has 0 aliphatic carbocycles. The molecular formula is C13H17N3O3S. The average Bonchev–Trinajstić information content (AvgIpc) is 2.85. The minimum atomic E-state index is -3.52. The molecule has 2 rings (SSSR count). The molecule has 0 atom stereocenters. The van der Waals surface area contributed by atoms with Crippen LogP contribution in [0.15, 0.2) is 40.1 Å². The zero-order valence-electron chi connectivity index (χ0n) is 11.6. The van der Waals surface area contributed by atoms with E-state index in [0.29, 0.717) is 12.3 Å². The Morgan fingerprint density at radius 3 is 2.70 bits per heavy atom. The van der Waals surface area contributed by atoms with Crippen LogP contribution in [0.3, 0.4) is 0 Å². The van der Waals surface area contributed by atoms with E-state index in [2.05, 4.69) is 10.3 Å². The van der Waals surface area contributed by atoms with Crippen molar-refractivity contribution in [3.8, 4) is 0 Å². The van der Waals surface area contributed by atoms with Gasteiger partial charge in [-0.1, -0.05) is 0 Å². The highest BCUT2D eigenvalue weighted by Crippen LogP contribution is 2.18. The maximum absolute atomic E-state index is 11.9. The zero-order chi connectivity index (χ0) is 14.8. The number of nitrogens with one attached hydrogen (secondary N) is 1. The van der Waals surface area contributed by atoms with Crippen molar-refractivity contribution in [1.82, 2.24) is 9.29 Å². The molecule has 0 saturated carbocycles. The summed E-state index contributed by atoms with van der Waals surface area (Å²) in [5.41, 5.74) is 1.91. The van der Waals surface area contributed by atoms with E-state index in [9.17, 15) is 8.42 Å². The van der Waals surface area contributed by atoms with Gasteiger partial charge < -0.3 is 9.73 Å². The number of hydrogen-bond acceptors (Lipinski definition) is 5. The molecule has 20 heavy (non-hydrogen) atoms. The molecule has 0 aromatic carbocycles. The highest BCUT2D eigenvalue weighted by Gasteiger charge is 2.21. The van der Waals surface area contributed by atoms with E-state index in [1.807, 2.05) is 13.0 Å². The van der Waals surface area contributed by atoms with Gasteiger partial charge >= 0.3 is 0 Å². The van der Waals surface area contributed by atoms with Crippen LogP contribution in [0, 0.1) is 6.92 Å². The van der Waals surface area contributed by atoms with Crippen molar-refractivity contribution in [2.45, 2.75) is 18.6 Å². The van der Waals surface area contributed by atoms with Crippen molar-refractivity contribution in [2.24, 2.45) is 0 Å². The molecular weight excluding hydrogens is 278 g/mol. The Labute approximate surface area is 118 Å². The van der Waals surface area contributed by atoms with E-state index in [0.717, 1.165) is 15.6 Å². The fourth-order valence-corrected chi connectivity index (χ4v) is 2.42. The predicted octanol–water partition coefficient (Wildman–Crippen LogP) is 1.85. The lowest BCUT2D eigenvalue weighted by atomic mass is 10.3. The highest BCUT2D eigenvalue weighted by atomic mass is 32.2. The standard InChI is InChI=1S/C13H17N3O3S/c1-10-6-11(8-14-7-10)15-9-12-4-5-13(19-12)20(17,18)16(2)3/h4-8,15H,9H2,1-3H3. The van der Waals surface area contributed by atoms with E-state index < -0.39 is 10.0 Å². The first-order valence-corrected chi connectivity index (χ1v) is 7.50. The van der Waals surface area contributed by atoms with Gasteiger partial charge in [-0.25, -0.2) is 12.7 Å². The van der Waals surface area contributed by atoms with E-state index in [1.165, 1.54) is 20.2 Å². The lowest BCUT2D eigenvalue weighted by Crippen LogP contribution is -2.21. The summed E-state index contributed by atoms with van der Waals surface area (Å²) in [5, 5.41) is 3.08. The molecule has 6 nitrogen and oxygen atoms in total. The maximum Gasteiger partial charge on any atom is 0.275 e. The topological polar surface area (TPSA) is 75.4 Å². The summed E-state index contributed by atoms with van der Waals surface area (Å²) in [6, 6.07) is 5.06. The summed E-state index contributed by atoms with van der Waals surface area (Å²) in [4.78, 5) is 4.07. The Kier molecular flexibility index (Phi) is 4.10. The van der Waals surface area contributed by atoms with Gasteiger partial charge in [0.2, 0.25) is 5.09 Å². The van der Waals surface area contributed by atoms with Crippen LogP contribution >= 0.6 is 0 Å². The first kappa shape index (κ1) is 14.5. The van der Waals surface area contributed by atoms with Crippen LogP contribution in [0.2, 0.25) is 0 Å². The summed E-state index contributed by atoms with van der Waals surface area (Å²) >= 11 is 0. The molecule has 2 aromatic rings. The predicted molar refractivity (Wildman–Crippen MR) is 75.9 cm³/mol. The molecule has 0 bridgehead atoms. The monoisotopic (exact) mass is 295 g/mol. The van der Waals surface area contributed by atoms with E-state index in [4.69, 9.17) is 4.42 Å². The number of hydrogen-bond donors (Lipinski definition) is 1. The summed E-state index contributed by atoms with van der Waals surface area (Å²) in [6.07, 6.45) is 3.47. The van der Waals surface area contributed by atoms with Gasteiger partial charge in [0, 0.05) is 26.5 Å². The van der Waals surface area contributed by atoms with Crippen LogP contribution in [0.25, 0.3) is 0 Å². The summed E-state index contributed by atoms with van der Waals surface area (Å²) < 4.78 is 30.2. The Morgan fingerprint density at radius 1 is 1.30 bits per heavy atom. The quantitative estimate of drug-likeness (QED) is 0.911. The van der Waals surface area contributed by atoms with E-state index in [1.54, 1.807) is 18.5 Å². The molecule has 0 unspecified atom stereocenters. The fourth-order valence-electron chi connectivity index (χ4n) is 1.61. The van der Waals surface area contributed by atoms with Gasteiger partial charge in [0.05, 0.1) is 12.2 Å². The van der Waals surface area contributed by atoms with Crippen molar-refractivity contribution in [3.05, 3.63) is 41.9 Å². The van der Waals surface area contributed by atoms with Gasteiger partial charge in [0.1, 0.15) is 5.76 Å². The molecule has 0 saturated heterocycles. The normalized spacial score (nSPS) is 11.8. The van der Waals surface area contributed by atoms with Crippen LogP contribution in [-0.2, 0) is 16.6 Å². The second-order valence-corrected chi connectivity index (χ2v) is 6.70. The molecule has 0 aliphatic heterocycles. The van der Waals surface area contributed by atoms with Gasteiger partial charge in [0.25, 0.3) is 10.0 Å². The number of anilines is 1. The third-order valence-electron chi connectivity index (χ3n) is 2.71. The van der Waals surface area contributed by atoms with Crippen molar-refractivity contribution in [2.75, 3.05) is 19.4 Å². The van der Waals surface area contributed by atoms with Crippen molar-refractivity contribution in [3.63, 3.8) is 0 Å². The second-order valence-electron chi connectivity index (χ2n) is 4.61. The fraction of sp³-hybridized carbons (Fsp3) is 0.308. The first-order valence-electron chi connectivity index (χ1n) is 6.06. The van der Waals surface area contributed by atoms with Crippen LogP contribution < -0.4 is 5.32 Å². The number of furan rings is 1. The number of sulfonamides is 1. The Balaban J connectivity index is 2.07. The lowest BCUT2D eigenvalue weighted by Gasteiger charge is -2.08. The third kappa shape index (κ3) is 3.17. The molecule has 2 aromatic heterocycles. The van der Waals surface area contributed by atoms with E-state index >= 15 is 0 Å². The van der Waals surface area contributed by atoms with Gasteiger partial charge in [0.15, 0.2) is 0 Å². The van der Waals surface area contributed by atoms with Crippen LogP contribution in [0.4, 0.5) is 5.69 Å². The van der Waals surface area contributed by atoms with Gasteiger partial charge in [-0.3, -0.25) is 4.98 Å². The summed E-state index contributed by atoms with van der Waals surface area (Å²) in [6.45, 7) is 2.35. The van der Waals surface area contributed by atoms with Crippen molar-refractivity contribution in [1.29, 1.82) is 0 Å². The minimum absolute atomic E-state index is 0.0540. The largest absolute Gasteiger partial charge is 0.446 e. The zero-order valence-corrected chi connectivity index (χ0v) is 12.4. The van der Waals surface area contributed by atoms with Crippen molar-refractivity contribution < 1.29 is 12.8 Å². The smallest absolute Gasteiger partial charge is 0.275 e. The average molecular weight is 295 g/mol. The van der Waals surface area contributed by atoms with Gasteiger partial charge in [-0.05, 0) is 30.7 Å². The summed E-state index contributed by atoms with van der Waals surface area (Å²) in [7, 11) is -0.586.